The van der Waals surface area contributed by atoms with Gasteiger partial charge in [-0.25, -0.2) is 12.8 Å². The van der Waals surface area contributed by atoms with Crippen LogP contribution in [-0.4, -0.2) is 50.0 Å². The molecule has 1 fully saturated rings. The van der Waals surface area contributed by atoms with Gasteiger partial charge in [-0.3, -0.25) is 13.9 Å². The zero-order chi connectivity index (χ0) is 30.1. The molecule has 10 heteroatoms. The Bertz CT molecular complexity index is 1450. The Balaban J connectivity index is 1.59. The largest absolute Gasteiger partial charge is 0.352 e. The zero-order valence-electron chi connectivity index (χ0n) is 23.7. The van der Waals surface area contributed by atoms with E-state index in [1.165, 1.54) is 24.3 Å². The summed E-state index contributed by atoms with van der Waals surface area (Å²) in [4.78, 5) is 29.3. The van der Waals surface area contributed by atoms with E-state index in [1.807, 2.05) is 48.5 Å². The first-order valence-corrected chi connectivity index (χ1v) is 16.4. The lowest BCUT2D eigenvalue weighted by Crippen LogP contribution is -2.52. The van der Waals surface area contributed by atoms with Gasteiger partial charge in [-0.2, -0.15) is 0 Å². The van der Waals surface area contributed by atoms with Gasteiger partial charge < -0.3 is 10.2 Å². The van der Waals surface area contributed by atoms with Crippen molar-refractivity contribution < 1.29 is 22.4 Å². The second kappa shape index (κ2) is 14.6. The van der Waals surface area contributed by atoms with Crippen LogP contribution in [0.4, 0.5) is 10.1 Å². The number of hydrogen-bond donors (Lipinski definition) is 1. The highest BCUT2D eigenvalue weighted by atomic mass is 35.5. The molecule has 224 valence electrons. The number of sulfonamides is 1. The Kier molecular flexibility index (Phi) is 11.0. The highest BCUT2D eigenvalue weighted by molar-refractivity contribution is 7.92. The summed E-state index contributed by atoms with van der Waals surface area (Å²) in [7, 11) is -3.68. The normalized spacial score (nSPS) is 14.4. The Labute approximate surface area is 252 Å². The molecule has 7 nitrogen and oxygen atoms in total. The van der Waals surface area contributed by atoms with E-state index in [0.29, 0.717) is 22.7 Å². The molecule has 0 saturated heterocycles. The van der Waals surface area contributed by atoms with Crippen LogP contribution in [0, 0.1) is 5.82 Å². The fraction of sp³-hybridized carbons (Fsp3) is 0.375. The second-order valence-electron chi connectivity index (χ2n) is 10.7. The lowest BCUT2D eigenvalue weighted by molar-refractivity contribution is -0.141. The van der Waals surface area contributed by atoms with Crippen LogP contribution in [-0.2, 0) is 32.6 Å². The molecule has 0 bridgehead atoms. The van der Waals surface area contributed by atoms with Gasteiger partial charge in [0, 0.05) is 37.0 Å². The Morgan fingerprint density at radius 2 is 1.62 bits per heavy atom. The number of carbonyl (C=O) groups excluding carboxylic acids is 2. The van der Waals surface area contributed by atoms with Gasteiger partial charge in [-0.15, -0.1) is 0 Å². The Morgan fingerprint density at radius 1 is 0.976 bits per heavy atom. The summed E-state index contributed by atoms with van der Waals surface area (Å²) in [6.07, 6.45) is 5.53. The predicted molar refractivity (Wildman–Crippen MR) is 164 cm³/mol. The summed E-state index contributed by atoms with van der Waals surface area (Å²) in [5, 5.41) is 3.66. The summed E-state index contributed by atoms with van der Waals surface area (Å²) < 4.78 is 39.7. The van der Waals surface area contributed by atoms with E-state index < -0.39 is 21.9 Å². The SMILES string of the molecule is CS(=O)(=O)N(CCCC(=O)N(Cc1ccccc1Cl)[C@H](Cc1ccccc1)C(=O)NC1CCCC1)c1ccc(F)cc1. The highest BCUT2D eigenvalue weighted by Crippen LogP contribution is 2.24. The zero-order valence-corrected chi connectivity index (χ0v) is 25.3. The van der Waals surface area contributed by atoms with Gasteiger partial charge >= 0.3 is 0 Å². The van der Waals surface area contributed by atoms with Gasteiger partial charge in [-0.05, 0) is 60.7 Å². The molecular formula is C32H37ClFN3O4S. The molecule has 2 amide bonds. The quantitative estimate of drug-likeness (QED) is 0.267. The smallest absolute Gasteiger partial charge is 0.243 e. The van der Waals surface area contributed by atoms with E-state index in [4.69, 9.17) is 11.6 Å². The molecule has 0 radical (unpaired) electrons. The molecule has 1 N–H and O–H groups in total. The Hall–Kier alpha value is -3.43. The van der Waals surface area contributed by atoms with Crippen molar-refractivity contribution in [2.24, 2.45) is 0 Å². The number of rotatable bonds is 13. The van der Waals surface area contributed by atoms with E-state index >= 15 is 0 Å². The molecule has 4 rings (SSSR count). The lowest BCUT2D eigenvalue weighted by atomic mass is 10.0. The monoisotopic (exact) mass is 613 g/mol. The van der Waals surface area contributed by atoms with Crippen molar-refractivity contribution >= 4 is 39.1 Å². The van der Waals surface area contributed by atoms with Crippen molar-refractivity contribution in [2.45, 2.75) is 63.6 Å². The molecular weight excluding hydrogens is 577 g/mol. The third-order valence-corrected chi connectivity index (χ3v) is 9.10. The van der Waals surface area contributed by atoms with Crippen LogP contribution in [0.15, 0.2) is 78.9 Å². The van der Waals surface area contributed by atoms with Crippen LogP contribution in [0.5, 0.6) is 0 Å². The minimum atomic E-state index is -3.68. The number of benzene rings is 3. The molecule has 1 aliphatic rings. The first-order valence-electron chi connectivity index (χ1n) is 14.2. The number of halogens is 2. The third kappa shape index (κ3) is 8.79. The van der Waals surface area contributed by atoms with Gasteiger partial charge in [0.2, 0.25) is 21.8 Å². The molecule has 3 aromatic rings. The summed E-state index contributed by atoms with van der Waals surface area (Å²) in [6.45, 7) is 0.148. The summed E-state index contributed by atoms with van der Waals surface area (Å²) in [5.41, 5.74) is 1.95. The molecule has 1 aliphatic carbocycles. The predicted octanol–water partition coefficient (Wildman–Crippen LogP) is 5.72. The maximum Gasteiger partial charge on any atom is 0.243 e. The van der Waals surface area contributed by atoms with Crippen LogP contribution in [0.25, 0.3) is 0 Å². The van der Waals surface area contributed by atoms with Crippen molar-refractivity contribution in [3.05, 3.63) is 101 Å². The fourth-order valence-electron chi connectivity index (χ4n) is 5.34. The molecule has 0 aliphatic heterocycles. The summed E-state index contributed by atoms with van der Waals surface area (Å²) in [6, 6.07) is 21.2. The molecule has 42 heavy (non-hydrogen) atoms. The minimum absolute atomic E-state index is 0.000332. The molecule has 0 heterocycles. The van der Waals surface area contributed by atoms with E-state index in [-0.39, 0.29) is 43.8 Å². The number of anilines is 1. The van der Waals surface area contributed by atoms with Crippen molar-refractivity contribution in [3.63, 3.8) is 0 Å². The van der Waals surface area contributed by atoms with E-state index in [1.54, 1.807) is 11.0 Å². The van der Waals surface area contributed by atoms with Crippen LogP contribution < -0.4 is 9.62 Å². The highest BCUT2D eigenvalue weighted by Gasteiger charge is 2.32. The molecule has 1 saturated carbocycles. The fourth-order valence-corrected chi connectivity index (χ4v) is 6.50. The van der Waals surface area contributed by atoms with Gasteiger partial charge in [0.05, 0.1) is 11.9 Å². The lowest BCUT2D eigenvalue weighted by Gasteiger charge is -2.33. The maximum absolute atomic E-state index is 13.9. The van der Waals surface area contributed by atoms with E-state index in [9.17, 15) is 22.4 Å². The maximum atomic E-state index is 13.9. The molecule has 0 unspecified atom stereocenters. The van der Waals surface area contributed by atoms with Crippen molar-refractivity contribution in [1.82, 2.24) is 10.2 Å². The van der Waals surface area contributed by atoms with Crippen molar-refractivity contribution in [1.29, 1.82) is 0 Å². The summed E-state index contributed by atoms with van der Waals surface area (Å²) >= 11 is 6.49. The molecule has 0 spiro atoms. The number of carbonyl (C=O) groups is 2. The average Bonchev–Trinajstić information content (AvgIpc) is 3.47. The minimum Gasteiger partial charge on any atom is -0.352 e. The first-order chi connectivity index (χ1) is 20.1. The van der Waals surface area contributed by atoms with Crippen molar-refractivity contribution in [2.75, 3.05) is 17.1 Å². The Morgan fingerprint density at radius 3 is 2.26 bits per heavy atom. The molecule has 0 aromatic heterocycles. The van der Waals surface area contributed by atoms with E-state index in [2.05, 4.69) is 5.32 Å². The van der Waals surface area contributed by atoms with Crippen LogP contribution in [0.3, 0.4) is 0 Å². The van der Waals surface area contributed by atoms with Gasteiger partial charge in [0.15, 0.2) is 0 Å². The number of nitrogens with zero attached hydrogens (tertiary/aromatic N) is 2. The average molecular weight is 614 g/mol. The van der Waals surface area contributed by atoms with Gasteiger partial charge in [-0.1, -0.05) is 73.0 Å². The number of nitrogens with one attached hydrogen (secondary N) is 1. The van der Waals surface area contributed by atoms with Crippen molar-refractivity contribution in [3.8, 4) is 0 Å². The third-order valence-electron chi connectivity index (χ3n) is 7.54. The van der Waals surface area contributed by atoms with E-state index in [0.717, 1.165) is 41.8 Å². The first kappa shape index (κ1) is 31.5. The number of hydrogen-bond acceptors (Lipinski definition) is 4. The standard InChI is InChI=1S/C32H37ClFN3O4S/c1-42(40,41)37(28-19-17-26(34)18-20-28)21-9-16-31(38)36(23-25-12-5-8-15-29(25)33)30(22-24-10-3-2-4-11-24)32(39)35-27-13-6-7-14-27/h2-5,8,10-12,15,17-20,27,30H,6-7,9,13-14,16,21-23H2,1H3,(H,35,39)/t30-/m1/s1. The second-order valence-corrected chi connectivity index (χ2v) is 13.0. The van der Waals surface area contributed by atoms with Gasteiger partial charge in [0.1, 0.15) is 11.9 Å². The topological polar surface area (TPSA) is 86.8 Å². The molecule has 3 aromatic carbocycles. The summed E-state index contributed by atoms with van der Waals surface area (Å²) in [5.74, 6) is -0.974. The number of amides is 2. The van der Waals surface area contributed by atoms with Crippen LogP contribution in [0.1, 0.15) is 49.7 Å². The van der Waals surface area contributed by atoms with Crippen LogP contribution >= 0.6 is 11.6 Å². The van der Waals surface area contributed by atoms with Gasteiger partial charge in [0.25, 0.3) is 0 Å². The molecule has 1 atom stereocenters. The van der Waals surface area contributed by atoms with Crippen LogP contribution in [0.2, 0.25) is 5.02 Å².